The van der Waals surface area contributed by atoms with Crippen molar-refractivity contribution in [2.75, 3.05) is 24.5 Å². The predicted molar refractivity (Wildman–Crippen MR) is 84.0 cm³/mol. The number of hydrogen-bond donors (Lipinski definition) is 2. The van der Waals surface area contributed by atoms with Crippen molar-refractivity contribution < 1.29 is 26.7 Å². The van der Waals surface area contributed by atoms with E-state index in [-0.39, 0.29) is 32.4 Å². The van der Waals surface area contributed by atoms with Crippen LogP contribution >= 0.6 is 0 Å². The molecule has 3 rings (SSSR count). The van der Waals surface area contributed by atoms with Crippen LogP contribution in [0.1, 0.15) is 24.8 Å². The Bertz CT molecular complexity index is 667. The van der Waals surface area contributed by atoms with Crippen molar-refractivity contribution in [1.29, 1.82) is 0 Å². The lowest BCUT2D eigenvalue weighted by Gasteiger charge is -2.39. The first kappa shape index (κ1) is 18.7. The van der Waals surface area contributed by atoms with Gasteiger partial charge in [0.05, 0.1) is 18.5 Å². The molecule has 1 aliphatic heterocycles. The van der Waals surface area contributed by atoms with Crippen molar-refractivity contribution in [3.05, 3.63) is 23.9 Å². The number of anilines is 1. The Morgan fingerprint density at radius 3 is 2.50 bits per heavy atom. The van der Waals surface area contributed by atoms with Gasteiger partial charge < -0.3 is 15.5 Å². The van der Waals surface area contributed by atoms with Crippen LogP contribution in [0.4, 0.5) is 32.6 Å². The van der Waals surface area contributed by atoms with Gasteiger partial charge in [-0.3, -0.25) is 0 Å². The Hall–Kier alpha value is -2.13. The average Bonchev–Trinajstić information content (AvgIpc) is 3.32. The molecule has 2 fully saturated rings. The standard InChI is InChI=1S/C16H19F5N4O/c17-15(18)9-25(10-15)12-7-11(1-5-22-12)8-24-13(26)23-6-4-14(2-3-14)16(19,20)21/h1,5,7H,2-4,6,8-10H2,(H2,23,24,26). The highest BCUT2D eigenvalue weighted by atomic mass is 19.4. The maximum Gasteiger partial charge on any atom is 0.394 e. The van der Waals surface area contributed by atoms with Gasteiger partial charge in [0, 0.05) is 19.3 Å². The molecule has 1 saturated carbocycles. The van der Waals surface area contributed by atoms with Gasteiger partial charge in [-0.1, -0.05) is 0 Å². The Kier molecular flexibility index (Phi) is 4.70. The van der Waals surface area contributed by atoms with Crippen LogP contribution in [0.3, 0.4) is 0 Å². The molecule has 10 heteroatoms. The average molecular weight is 378 g/mol. The first-order chi connectivity index (χ1) is 12.1. The van der Waals surface area contributed by atoms with Gasteiger partial charge in [0.15, 0.2) is 0 Å². The van der Waals surface area contributed by atoms with Crippen molar-refractivity contribution in [3.63, 3.8) is 0 Å². The van der Waals surface area contributed by atoms with E-state index in [0.29, 0.717) is 11.4 Å². The molecule has 1 saturated heterocycles. The lowest BCUT2D eigenvalue weighted by atomic mass is 10.0. The van der Waals surface area contributed by atoms with E-state index in [4.69, 9.17) is 0 Å². The second-order valence-corrected chi connectivity index (χ2v) is 6.87. The molecule has 2 aliphatic rings. The largest absolute Gasteiger partial charge is 0.394 e. The van der Waals surface area contributed by atoms with Crippen LogP contribution in [0.5, 0.6) is 0 Å². The molecular formula is C16H19F5N4O. The second-order valence-electron chi connectivity index (χ2n) is 6.87. The van der Waals surface area contributed by atoms with Crippen molar-refractivity contribution in [2.24, 2.45) is 5.41 Å². The van der Waals surface area contributed by atoms with Gasteiger partial charge >= 0.3 is 12.2 Å². The van der Waals surface area contributed by atoms with Gasteiger partial charge in [0.2, 0.25) is 0 Å². The van der Waals surface area contributed by atoms with Gasteiger partial charge in [-0.05, 0) is 37.0 Å². The van der Waals surface area contributed by atoms with E-state index < -0.39 is 36.6 Å². The topological polar surface area (TPSA) is 57.3 Å². The number of aromatic nitrogens is 1. The summed E-state index contributed by atoms with van der Waals surface area (Å²) in [4.78, 5) is 17.2. The summed E-state index contributed by atoms with van der Waals surface area (Å²) >= 11 is 0. The number of nitrogens with zero attached hydrogens (tertiary/aromatic N) is 2. The number of carbonyl (C=O) groups excluding carboxylic acids is 1. The fourth-order valence-electron chi connectivity index (χ4n) is 2.90. The van der Waals surface area contributed by atoms with Crippen LogP contribution < -0.4 is 15.5 Å². The van der Waals surface area contributed by atoms with E-state index in [1.807, 2.05) is 0 Å². The minimum atomic E-state index is -4.23. The molecule has 2 N–H and O–H groups in total. The molecule has 0 bridgehead atoms. The minimum Gasteiger partial charge on any atom is -0.344 e. The molecule has 5 nitrogen and oxygen atoms in total. The zero-order valence-corrected chi connectivity index (χ0v) is 13.9. The third kappa shape index (κ3) is 4.16. The molecule has 1 aromatic heterocycles. The quantitative estimate of drug-likeness (QED) is 0.748. The van der Waals surface area contributed by atoms with Crippen LogP contribution in [-0.4, -0.2) is 42.7 Å². The minimum absolute atomic E-state index is 0.0597. The van der Waals surface area contributed by atoms with E-state index in [1.165, 1.54) is 11.1 Å². The molecule has 0 radical (unpaired) electrons. The van der Waals surface area contributed by atoms with E-state index in [9.17, 15) is 26.7 Å². The fraction of sp³-hybridized carbons (Fsp3) is 0.625. The number of rotatable bonds is 6. The van der Waals surface area contributed by atoms with Crippen LogP contribution in [0.25, 0.3) is 0 Å². The van der Waals surface area contributed by atoms with Crippen molar-refractivity contribution in [3.8, 4) is 0 Å². The SMILES string of the molecule is O=C(NCCC1(C(F)(F)F)CC1)NCc1ccnc(N2CC(F)(F)C2)c1. The van der Waals surface area contributed by atoms with E-state index in [0.717, 1.165) is 0 Å². The van der Waals surface area contributed by atoms with Crippen LogP contribution in [0.2, 0.25) is 0 Å². The molecule has 0 unspecified atom stereocenters. The number of alkyl halides is 5. The number of halogens is 5. The first-order valence-corrected chi connectivity index (χ1v) is 8.26. The normalized spacial score (nSPS) is 20.3. The molecule has 0 spiro atoms. The summed E-state index contributed by atoms with van der Waals surface area (Å²) in [6, 6.07) is 2.65. The Labute approximate surface area is 147 Å². The van der Waals surface area contributed by atoms with Gasteiger partial charge in [-0.2, -0.15) is 13.2 Å². The van der Waals surface area contributed by atoms with Gasteiger partial charge in [0.1, 0.15) is 5.82 Å². The maximum atomic E-state index is 12.9. The summed E-state index contributed by atoms with van der Waals surface area (Å²) in [5.41, 5.74) is -0.978. The number of pyridine rings is 1. The predicted octanol–water partition coefficient (Wildman–Crippen LogP) is 3.07. The van der Waals surface area contributed by atoms with Crippen molar-refractivity contribution >= 4 is 11.8 Å². The molecule has 144 valence electrons. The zero-order valence-electron chi connectivity index (χ0n) is 13.9. The number of hydrogen-bond acceptors (Lipinski definition) is 3. The van der Waals surface area contributed by atoms with Crippen molar-refractivity contribution in [1.82, 2.24) is 15.6 Å². The van der Waals surface area contributed by atoms with Gasteiger partial charge in [-0.15, -0.1) is 0 Å². The summed E-state index contributed by atoms with van der Waals surface area (Å²) in [5.74, 6) is -2.30. The monoisotopic (exact) mass is 378 g/mol. The lowest BCUT2D eigenvalue weighted by Crippen LogP contribution is -2.56. The third-order valence-corrected chi connectivity index (χ3v) is 4.78. The molecule has 1 aromatic rings. The highest BCUT2D eigenvalue weighted by Gasteiger charge is 2.62. The zero-order chi connectivity index (χ0) is 19.0. The smallest absolute Gasteiger partial charge is 0.344 e. The van der Waals surface area contributed by atoms with E-state index >= 15 is 0 Å². The Morgan fingerprint density at radius 2 is 1.92 bits per heavy atom. The van der Waals surface area contributed by atoms with Crippen LogP contribution in [-0.2, 0) is 6.54 Å². The summed E-state index contributed by atoms with van der Waals surface area (Å²) in [5, 5.41) is 4.95. The van der Waals surface area contributed by atoms with Crippen molar-refractivity contribution in [2.45, 2.75) is 37.9 Å². The van der Waals surface area contributed by atoms with Crippen LogP contribution in [0.15, 0.2) is 18.3 Å². The Morgan fingerprint density at radius 1 is 1.23 bits per heavy atom. The molecule has 2 amide bonds. The molecule has 0 atom stereocenters. The number of carbonyl (C=O) groups is 1. The summed E-state index contributed by atoms with van der Waals surface area (Å²) in [6.07, 6.45) is -2.69. The maximum absolute atomic E-state index is 12.9. The third-order valence-electron chi connectivity index (χ3n) is 4.78. The number of urea groups is 1. The molecular weight excluding hydrogens is 359 g/mol. The van der Waals surface area contributed by atoms with E-state index in [1.54, 1.807) is 12.1 Å². The highest BCUT2D eigenvalue weighted by Crippen LogP contribution is 2.59. The summed E-state index contributed by atoms with van der Waals surface area (Å²) in [7, 11) is 0. The number of amides is 2. The molecule has 0 aromatic carbocycles. The summed E-state index contributed by atoms with van der Waals surface area (Å²) < 4.78 is 64.2. The fourth-order valence-corrected chi connectivity index (χ4v) is 2.90. The second kappa shape index (κ2) is 6.55. The highest BCUT2D eigenvalue weighted by molar-refractivity contribution is 5.73. The molecule has 2 heterocycles. The Balaban J connectivity index is 1.41. The van der Waals surface area contributed by atoms with Gasteiger partial charge in [0.25, 0.3) is 5.92 Å². The van der Waals surface area contributed by atoms with Crippen LogP contribution in [0, 0.1) is 5.41 Å². The van der Waals surface area contributed by atoms with E-state index in [2.05, 4.69) is 15.6 Å². The lowest BCUT2D eigenvalue weighted by molar-refractivity contribution is -0.188. The molecule has 26 heavy (non-hydrogen) atoms. The van der Waals surface area contributed by atoms with Gasteiger partial charge in [-0.25, -0.2) is 18.6 Å². The summed E-state index contributed by atoms with van der Waals surface area (Å²) in [6.45, 7) is -0.720. The first-order valence-electron chi connectivity index (χ1n) is 8.26. The number of nitrogens with one attached hydrogen (secondary N) is 2. The molecule has 1 aliphatic carbocycles.